The molecule has 1 aliphatic rings. The Morgan fingerprint density at radius 1 is 1.14 bits per heavy atom. The number of rotatable bonds is 6. The predicted octanol–water partition coefficient (Wildman–Crippen LogP) is 3.95. The van der Waals surface area contributed by atoms with Crippen LogP contribution in [0.3, 0.4) is 0 Å². The van der Waals surface area contributed by atoms with E-state index in [0.29, 0.717) is 18.5 Å². The van der Waals surface area contributed by atoms with Gasteiger partial charge in [-0.3, -0.25) is 4.79 Å². The smallest absolute Gasteiger partial charge is 0.244 e. The van der Waals surface area contributed by atoms with Crippen LogP contribution in [0.2, 0.25) is 0 Å². The maximum absolute atomic E-state index is 12.8. The van der Waals surface area contributed by atoms with Crippen LogP contribution >= 0.6 is 0 Å². The second kappa shape index (κ2) is 7.99. The lowest BCUT2D eigenvalue weighted by Gasteiger charge is -2.13. The van der Waals surface area contributed by atoms with Crippen molar-refractivity contribution in [3.05, 3.63) is 54.4 Å². The molecule has 0 bridgehead atoms. The molecule has 3 aromatic rings. The summed E-state index contributed by atoms with van der Waals surface area (Å²) in [6.07, 6.45) is 4.06. The molecule has 152 valence electrons. The molecule has 6 nitrogen and oxygen atoms in total. The van der Waals surface area contributed by atoms with Gasteiger partial charge in [-0.15, -0.1) is 0 Å². The zero-order valence-electron chi connectivity index (χ0n) is 16.5. The maximum atomic E-state index is 12.8. The quantitative estimate of drug-likeness (QED) is 0.666. The highest BCUT2D eigenvalue weighted by atomic mass is 32.2. The third kappa shape index (κ3) is 3.92. The SMILES string of the molecule is CCc1nc2ccccc2n1CC(=O)Nc1cccc(S(=O)(=O)C2CCCC2)c1. The Morgan fingerprint density at radius 2 is 1.90 bits per heavy atom. The van der Waals surface area contributed by atoms with Crippen LogP contribution in [0.4, 0.5) is 5.69 Å². The lowest BCUT2D eigenvalue weighted by atomic mass is 10.3. The van der Waals surface area contributed by atoms with Gasteiger partial charge in [0.15, 0.2) is 9.84 Å². The first-order valence-corrected chi connectivity index (χ1v) is 11.6. The van der Waals surface area contributed by atoms with E-state index in [-0.39, 0.29) is 22.6 Å². The van der Waals surface area contributed by atoms with Crippen LogP contribution in [-0.2, 0) is 27.6 Å². The average molecular weight is 412 g/mol. The van der Waals surface area contributed by atoms with Crippen LogP contribution < -0.4 is 5.32 Å². The molecule has 0 saturated heterocycles. The predicted molar refractivity (Wildman–Crippen MR) is 114 cm³/mol. The first-order chi connectivity index (χ1) is 14.0. The fourth-order valence-corrected chi connectivity index (χ4v) is 5.96. The van der Waals surface area contributed by atoms with Crippen LogP contribution in [0, 0.1) is 0 Å². The molecule has 7 heteroatoms. The van der Waals surface area contributed by atoms with Crippen molar-refractivity contribution in [2.45, 2.75) is 55.7 Å². The number of sulfone groups is 1. The van der Waals surface area contributed by atoms with Gasteiger partial charge in [0, 0.05) is 12.1 Å². The summed E-state index contributed by atoms with van der Waals surface area (Å²) in [5, 5.41) is 2.54. The van der Waals surface area contributed by atoms with Crippen molar-refractivity contribution < 1.29 is 13.2 Å². The number of hydrogen-bond acceptors (Lipinski definition) is 4. The van der Waals surface area contributed by atoms with Crippen LogP contribution in [-0.4, -0.2) is 29.1 Å². The number of hydrogen-bond donors (Lipinski definition) is 1. The van der Waals surface area contributed by atoms with Gasteiger partial charge in [0.25, 0.3) is 0 Å². The van der Waals surface area contributed by atoms with E-state index in [0.717, 1.165) is 36.1 Å². The Kier molecular flexibility index (Phi) is 5.41. The molecule has 4 rings (SSSR count). The molecule has 29 heavy (non-hydrogen) atoms. The molecule has 1 saturated carbocycles. The van der Waals surface area contributed by atoms with Crippen LogP contribution in [0.5, 0.6) is 0 Å². The molecular formula is C22H25N3O3S. The van der Waals surface area contributed by atoms with Crippen molar-refractivity contribution in [1.82, 2.24) is 9.55 Å². The van der Waals surface area contributed by atoms with Crippen molar-refractivity contribution >= 4 is 32.5 Å². The van der Waals surface area contributed by atoms with Crippen molar-refractivity contribution in [3.8, 4) is 0 Å². The monoisotopic (exact) mass is 411 g/mol. The number of para-hydroxylation sites is 2. The van der Waals surface area contributed by atoms with E-state index in [1.54, 1.807) is 24.3 Å². The number of nitrogens with one attached hydrogen (secondary N) is 1. The summed E-state index contributed by atoms with van der Waals surface area (Å²) in [4.78, 5) is 17.6. The van der Waals surface area contributed by atoms with Crippen LogP contribution in [0.1, 0.15) is 38.4 Å². The Bertz CT molecular complexity index is 1150. The Hall–Kier alpha value is -2.67. The number of fused-ring (bicyclic) bond motifs is 1. The highest BCUT2D eigenvalue weighted by molar-refractivity contribution is 7.92. The standard InChI is InChI=1S/C22H25N3O3S/c1-2-21-24-19-12-5-6-13-20(19)25(21)15-22(26)23-16-8-7-11-18(14-16)29(27,28)17-9-3-4-10-17/h5-8,11-14,17H,2-4,9-10,15H2,1H3,(H,23,26). The number of carbonyl (C=O) groups is 1. The number of imidazole rings is 1. The van der Waals surface area contributed by atoms with Gasteiger partial charge >= 0.3 is 0 Å². The van der Waals surface area contributed by atoms with E-state index >= 15 is 0 Å². The van der Waals surface area contributed by atoms with E-state index in [4.69, 9.17) is 0 Å². The molecule has 0 aliphatic heterocycles. The minimum atomic E-state index is -3.35. The minimum Gasteiger partial charge on any atom is -0.324 e. The summed E-state index contributed by atoms with van der Waals surface area (Å²) < 4.78 is 27.6. The molecule has 1 N–H and O–H groups in total. The second-order valence-corrected chi connectivity index (χ2v) is 9.71. The highest BCUT2D eigenvalue weighted by Gasteiger charge is 2.30. The zero-order chi connectivity index (χ0) is 20.4. The van der Waals surface area contributed by atoms with E-state index in [1.165, 1.54) is 0 Å². The highest BCUT2D eigenvalue weighted by Crippen LogP contribution is 2.30. The first kappa shape index (κ1) is 19.6. The Labute approximate surface area is 170 Å². The lowest BCUT2D eigenvalue weighted by Crippen LogP contribution is -2.21. The third-order valence-electron chi connectivity index (χ3n) is 5.54. The molecular weight excluding hydrogens is 386 g/mol. The fraction of sp³-hybridized carbons (Fsp3) is 0.364. The Morgan fingerprint density at radius 3 is 2.66 bits per heavy atom. The molecule has 2 aromatic carbocycles. The molecule has 1 aromatic heterocycles. The van der Waals surface area contributed by atoms with E-state index in [2.05, 4.69) is 10.3 Å². The summed E-state index contributed by atoms with van der Waals surface area (Å²) in [6, 6.07) is 14.3. The number of nitrogens with zero attached hydrogens (tertiary/aromatic N) is 2. The molecule has 1 heterocycles. The van der Waals surface area contributed by atoms with Gasteiger partial charge in [-0.25, -0.2) is 13.4 Å². The van der Waals surface area contributed by atoms with Crippen LogP contribution in [0.25, 0.3) is 11.0 Å². The molecule has 0 radical (unpaired) electrons. The number of benzene rings is 2. The molecule has 0 unspecified atom stereocenters. The number of aromatic nitrogens is 2. The van der Waals surface area contributed by atoms with Gasteiger partial charge in [0.1, 0.15) is 12.4 Å². The van der Waals surface area contributed by atoms with Gasteiger partial charge < -0.3 is 9.88 Å². The summed E-state index contributed by atoms with van der Waals surface area (Å²) >= 11 is 0. The summed E-state index contributed by atoms with van der Waals surface area (Å²) in [6.45, 7) is 2.14. The van der Waals surface area contributed by atoms with Crippen LogP contribution in [0.15, 0.2) is 53.4 Å². The van der Waals surface area contributed by atoms with Gasteiger partial charge in [-0.1, -0.05) is 38.0 Å². The average Bonchev–Trinajstić information content (AvgIpc) is 3.37. The molecule has 1 amide bonds. The second-order valence-electron chi connectivity index (χ2n) is 7.48. The first-order valence-electron chi connectivity index (χ1n) is 10.1. The fourth-order valence-electron chi connectivity index (χ4n) is 4.06. The zero-order valence-corrected chi connectivity index (χ0v) is 17.3. The maximum Gasteiger partial charge on any atom is 0.244 e. The van der Waals surface area contributed by atoms with E-state index < -0.39 is 9.84 Å². The largest absolute Gasteiger partial charge is 0.324 e. The van der Waals surface area contributed by atoms with Gasteiger partial charge in [-0.2, -0.15) is 0 Å². The topological polar surface area (TPSA) is 81.1 Å². The van der Waals surface area contributed by atoms with Gasteiger partial charge in [0.05, 0.1) is 21.2 Å². The molecule has 0 atom stereocenters. The molecule has 0 spiro atoms. The minimum absolute atomic E-state index is 0.128. The Balaban J connectivity index is 1.54. The molecule has 1 aliphatic carbocycles. The van der Waals surface area contributed by atoms with Crippen molar-refractivity contribution in [3.63, 3.8) is 0 Å². The van der Waals surface area contributed by atoms with Crippen molar-refractivity contribution in [1.29, 1.82) is 0 Å². The summed E-state index contributed by atoms with van der Waals surface area (Å²) in [7, 11) is -3.35. The number of amides is 1. The normalized spacial score (nSPS) is 15.1. The molecule has 1 fully saturated rings. The lowest BCUT2D eigenvalue weighted by molar-refractivity contribution is -0.116. The number of anilines is 1. The van der Waals surface area contributed by atoms with Crippen molar-refractivity contribution in [2.24, 2.45) is 0 Å². The summed E-state index contributed by atoms with van der Waals surface area (Å²) in [5.41, 5.74) is 2.27. The van der Waals surface area contributed by atoms with Gasteiger partial charge in [0.2, 0.25) is 5.91 Å². The number of aryl methyl sites for hydroxylation is 1. The van der Waals surface area contributed by atoms with Gasteiger partial charge in [-0.05, 0) is 43.2 Å². The van der Waals surface area contributed by atoms with E-state index in [1.807, 2.05) is 35.8 Å². The van der Waals surface area contributed by atoms with E-state index in [9.17, 15) is 13.2 Å². The third-order valence-corrected chi connectivity index (χ3v) is 7.80. The number of carbonyl (C=O) groups excluding carboxylic acids is 1. The summed E-state index contributed by atoms with van der Waals surface area (Å²) in [5.74, 6) is 0.636. The van der Waals surface area contributed by atoms with Crippen molar-refractivity contribution in [2.75, 3.05) is 5.32 Å².